The van der Waals surface area contributed by atoms with E-state index in [9.17, 15) is 0 Å². The first-order valence-electron chi connectivity index (χ1n) is 8.19. The highest BCUT2D eigenvalue weighted by atomic mass is 79.9. The van der Waals surface area contributed by atoms with Crippen LogP contribution in [-0.4, -0.2) is 23.1 Å². The van der Waals surface area contributed by atoms with Crippen molar-refractivity contribution in [2.45, 2.75) is 19.3 Å². The Bertz CT molecular complexity index is 891. The van der Waals surface area contributed by atoms with Gasteiger partial charge in [-0.25, -0.2) is 9.97 Å². The van der Waals surface area contributed by atoms with Crippen molar-refractivity contribution < 1.29 is 0 Å². The number of rotatable bonds is 2. The van der Waals surface area contributed by atoms with E-state index in [2.05, 4.69) is 26.9 Å². The van der Waals surface area contributed by atoms with E-state index >= 15 is 0 Å². The highest BCUT2D eigenvalue weighted by Crippen LogP contribution is 2.34. The van der Waals surface area contributed by atoms with Gasteiger partial charge in [-0.15, -0.1) is 0 Å². The topological polar surface area (TPSA) is 29.0 Å². The van der Waals surface area contributed by atoms with E-state index in [1.165, 1.54) is 19.3 Å². The Labute approximate surface area is 154 Å². The van der Waals surface area contributed by atoms with E-state index in [4.69, 9.17) is 21.6 Å². The first-order chi connectivity index (χ1) is 11.7. The molecule has 0 amide bonds. The fraction of sp³-hybridized carbons (Fsp3) is 0.263. The van der Waals surface area contributed by atoms with Gasteiger partial charge in [0.05, 0.1) is 11.2 Å². The quantitative estimate of drug-likeness (QED) is 0.550. The molecule has 0 aliphatic carbocycles. The Morgan fingerprint density at radius 3 is 2.54 bits per heavy atom. The average molecular weight is 403 g/mol. The molecule has 122 valence electrons. The van der Waals surface area contributed by atoms with Gasteiger partial charge in [0.1, 0.15) is 0 Å². The molecule has 0 unspecified atom stereocenters. The van der Waals surface area contributed by atoms with E-state index in [-0.39, 0.29) is 0 Å². The molecular weight excluding hydrogens is 386 g/mol. The van der Waals surface area contributed by atoms with Crippen LogP contribution in [0.3, 0.4) is 0 Å². The van der Waals surface area contributed by atoms with E-state index < -0.39 is 0 Å². The standard InChI is InChI=1S/C19H17BrClN3/c20-13-8-9-17-15(12-13)18(14-6-2-3-7-16(14)21)23-19(22-17)24-10-4-1-5-11-24/h2-3,6-9,12H,1,4-5,10-11H2. The van der Waals surface area contributed by atoms with Gasteiger partial charge in [-0.2, -0.15) is 0 Å². The van der Waals surface area contributed by atoms with E-state index in [1.807, 2.05) is 36.4 Å². The normalized spacial score (nSPS) is 15.0. The van der Waals surface area contributed by atoms with Gasteiger partial charge in [0, 0.05) is 33.5 Å². The average Bonchev–Trinajstić information content (AvgIpc) is 2.62. The van der Waals surface area contributed by atoms with Crippen LogP contribution in [0.4, 0.5) is 5.95 Å². The molecule has 5 heteroatoms. The summed E-state index contributed by atoms with van der Waals surface area (Å²) < 4.78 is 1.01. The fourth-order valence-electron chi connectivity index (χ4n) is 3.18. The molecule has 0 saturated carbocycles. The van der Waals surface area contributed by atoms with Gasteiger partial charge in [0.2, 0.25) is 5.95 Å². The highest BCUT2D eigenvalue weighted by molar-refractivity contribution is 9.10. The Kier molecular flexibility index (Phi) is 4.42. The maximum absolute atomic E-state index is 6.45. The smallest absolute Gasteiger partial charge is 0.226 e. The van der Waals surface area contributed by atoms with Crippen molar-refractivity contribution in [3.8, 4) is 11.3 Å². The van der Waals surface area contributed by atoms with Crippen LogP contribution >= 0.6 is 27.5 Å². The number of halogens is 2. The van der Waals surface area contributed by atoms with Crippen LogP contribution in [0.25, 0.3) is 22.2 Å². The minimum Gasteiger partial charge on any atom is -0.341 e. The maximum atomic E-state index is 6.45. The van der Waals surface area contributed by atoms with Crippen molar-refractivity contribution >= 4 is 44.4 Å². The molecule has 0 N–H and O–H groups in total. The van der Waals surface area contributed by atoms with Crippen molar-refractivity contribution in [3.05, 3.63) is 52.0 Å². The monoisotopic (exact) mass is 401 g/mol. The van der Waals surface area contributed by atoms with Gasteiger partial charge in [-0.3, -0.25) is 0 Å². The number of benzene rings is 2. The minimum absolute atomic E-state index is 0.710. The Balaban J connectivity index is 1.95. The number of piperidine rings is 1. The zero-order valence-electron chi connectivity index (χ0n) is 13.2. The maximum Gasteiger partial charge on any atom is 0.226 e. The van der Waals surface area contributed by atoms with Crippen molar-refractivity contribution in [2.75, 3.05) is 18.0 Å². The van der Waals surface area contributed by atoms with Crippen molar-refractivity contribution in [1.29, 1.82) is 0 Å². The summed E-state index contributed by atoms with van der Waals surface area (Å²) in [5.41, 5.74) is 2.79. The van der Waals surface area contributed by atoms with Gasteiger partial charge in [-0.1, -0.05) is 45.7 Å². The SMILES string of the molecule is Clc1ccccc1-c1nc(N2CCCCC2)nc2ccc(Br)cc12. The van der Waals surface area contributed by atoms with E-state index in [0.29, 0.717) is 5.02 Å². The summed E-state index contributed by atoms with van der Waals surface area (Å²) in [4.78, 5) is 12.0. The van der Waals surface area contributed by atoms with Gasteiger partial charge in [0.25, 0.3) is 0 Å². The predicted molar refractivity (Wildman–Crippen MR) is 104 cm³/mol. The van der Waals surface area contributed by atoms with Crippen LogP contribution in [-0.2, 0) is 0 Å². The lowest BCUT2D eigenvalue weighted by molar-refractivity contribution is 0.569. The third-order valence-corrected chi connectivity index (χ3v) is 5.24. The summed E-state index contributed by atoms with van der Waals surface area (Å²) in [5, 5.41) is 1.72. The second-order valence-electron chi connectivity index (χ2n) is 6.06. The van der Waals surface area contributed by atoms with Gasteiger partial charge in [0.15, 0.2) is 0 Å². The van der Waals surface area contributed by atoms with Crippen LogP contribution in [0.5, 0.6) is 0 Å². The molecule has 2 aromatic carbocycles. The molecular formula is C19H17BrClN3. The summed E-state index contributed by atoms with van der Waals surface area (Å²) in [7, 11) is 0. The molecule has 1 aromatic heterocycles. The number of hydrogen-bond acceptors (Lipinski definition) is 3. The van der Waals surface area contributed by atoms with Crippen molar-refractivity contribution in [1.82, 2.24) is 9.97 Å². The molecule has 3 aromatic rings. The molecule has 1 aliphatic rings. The molecule has 1 aliphatic heterocycles. The molecule has 0 atom stereocenters. The first-order valence-corrected chi connectivity index (χ1v) is 9.36. The predicted octanol–water partition coefficient (Wildman–Crippen LogP) is 5.70. The Morgan fingerprint density at radius 1 is 0.958 bits per heavy atom. The fourth-order valence-corrected chi connectivity index (χ4v) is 3.77. The molecule has 0 bridgehead atoms. The number of nitrogens with zero attached hydrogens (tertiary/aromatic N) is 3. The van der Waals surface area contributed by atoms with Crippen LogP contribution in [0, 0.1) is 0 Å². The summed E-state index contributed by atoms with van der Waals surface area (Å²) >= 11 is 10.0. The number of hydrogen-bond donors (Lipinski definition) is 0. The number of aromatic nitrogens is 2. The molecule has 1 saturated heterocycles. The van der Waals surface area contributed by atoms with Gasteiger partial charge >= 0.3 is 0 Å². The summed E-state index contributed by atoms with van der Waals surface area (Å²) in [6.45, 7) is 2.04. The molecule has 4 rings (SSSR count). The Hall–Kier alpha value is -1.65. The highest BCUT2D eigenvalue weighted by Gasteiger charge is 2.18. The molecule has 24 heavy (non-hydrogen) atoms. The van der Waals surface area contributed by atoms with E-state index in [1.54, 1.807) is 0 Å². The summed E-state index contributed by atoms with van der Waals surface area (Å²) in [6.07, 6.45) is 3.68. The Morgan fingerprint density at radius 2 is 1.75 bits per heavy atom. The second-order valence-corrected chi connectivity index (χ2v) is 7.38. The molecule has 0 radical (unpaired) electrons. The third-order valence-electron chi connectivity index (χ3n) is 4.41. The molecule has 2 heterocycles. The van der Waals surface area contributed by atoms with E-state index in [0.717, 1.165) is 45.7 Å². The second kappa shape index (κ2) is 6.69. The third kappa shape index (κ3) is 3.01. The molecule has 1 fully saturated rings. The van der Waals surface area contributed by atoms with Gasteiger partial charge < -0.3 is 4.90 Å². The summed E-state index contributed by atoms with van der Waals surface area (Å²) in [6, 6.07) is 14.0. The molecule has 0 spiro atoms. The van der Waals surface area contributed by atoms with Crippen LogP contribution in [0.1, 0.15) is 19.3 Å². The first kappa shape index (κ1) is 15.9. The number of anilines is 1. The lowest BCUT2D eigenvalue weighted by Gasteiger charge is -2.27. The van der Waals surface area contributed by atoms with Crippen molar-refractivity contribution in [2.24, 2.45) is 0 Å². The zero-order valence-corrected chi connectivity index (χ0v) is 15.5. The van der Waals surface area contributed by atoms with Crippen molar-refractivity contribution in [3.63, 3.8) is 0 Å². The van der Waals surface area contributed by atoms with Gasteiger partial charge in [-0.05, 0) is 43.5 Å². The molecule has 3 nitrogen and oxygen atoms in total. The minimum atomic E-state index is 0.710. The largest absolute Gasteiger partial charge is 0.341 e. The number of fused-ring (bicyclic) bond motifs is 1. The van der Waals surface area contributed by atoms with Crippen LogP contribution < -0.4 is 4.90 Å². The van der Waals surface area contributed by atoms with Crippen LogP contribution in [0.2, 0.25) is 5.02 Å². The zero-order chi connectivity index (χ0) is 16.5. The summed E-state index contributed by atoms with van der Waals surface area (Å²) in [5.74, 6) is 0.805. The lowest BCUT2D eigenvalue weighted by atomic mass is 10.1. The van der Waals surface area contributed by atoms with Crippen LogP contribution in [0.15, 0.2) is 46.9 Å². The lowest BCUT2D eigenvalue weighted by Crippen LogP contribution is -2.31.